The van der Waals surface area contributed by atoms with Gasteiger partial charge in [-0.1, -0.05) is 19.3 Å². The summed E-state index contributed by atoms with van der Waals surface area (Å²) in [7, 11) is 1.65. The van der Waals surface area contributed by atoms with Crippen LogP contribution in [0.2, 0.25) is 0 Å². The van der Waals surface area contributed by atoms with E-state index >= 15 is 0 Å². The summed E-state index contributed by atoms with van der Waals surface area (Å²) in [6, 6.07) is 3.00. The Hall–Kier alpha value is -3.01. The van der Waals surface area contributed by atoms with Crippen LogP contribution in [0.3, 0.4) is 0 Å². The maximum absolute atomic E-state index is 13.0. The summed E-state index contributed by atoms with van der Waals surface area (Å²) < 4.78 is 9.24. The number of imidazole rings is 1. The van der Waals surface area contributed by atoms with Gasteiger partial charge < -0.3 is 15.2 Å². The third-order valence-corrected chi connectivity index (χ3v) is 5.66. The summed E-state index contributed by atoms with van der Waals surface area (Å²) in [4.78, 5) is 17.6. The van der Waals surface area contributed by atoms with Crippen molar-refractivity contribution >= 4 is 11.6 Å². The Morgan fingerprint density at radius 3 is 2.87 bits per heavy atom. The fourth-order valence-electron chi connectivity index (χ4n) is 4.05. The van der Waals surface area contributed by atoms with E-state index in [-0.39, 0.29) is 12.5 Å². The lowest BCUT2D eigenvalue weighted by Gasteiger charge is -2.21. The molecule has 0 aliphatic heterocycles. The number of carbonyl (C=O) groups excluding carboxylic acids is 1. The van der Waals surface area contributed by atoms with Gasteiger partial charge in [-0.3, -0.25) is 9.20 Å². The second kappa shape index (κ2) is 8.78. The van der Waals surface area contributed by atoms with Gasteiger partial charge in [0.1, 0.15) is 11.7 Å². The van der Waals surface area contributed by atoms with Crippen LogP contribution in [0, 0.1) is 12.8 Å². The molecule has 0 aromatic carbocycles. The van der Waals surface area contributed by atoms with Crippen LogP contribution in [0.5, 0.6) is 5.75 Å². The summed E-state index contributed by atoms with van der Waals surface area (Å²) in [5.41, 5.74) is 1.58. The van der Waals surface area contributed by atoms with Gasteiger partial charge in [0.05, 0.1) is 18.9 Å². The van der Waals surface area contributed by atoms with Crippen LogP contribution < -0.4 is 10.1 Å². The molecule has 2 N–H and O–H groups in total. The van der Waals surface area contributed by atoms with E-state index in [4.69, 9.17) is 4.74 Å². The lowest BCUT2D eigenvalue weighted by atomic mass is 9.90. The van der Waals surface area contributed by atoms with E-state index in [0.717, 1.165) is 0 Å². The minimum absolute atomic E-state index is 0.328. The fraction of sp³-hybridized carbons (Fsp3) is 0.550. The normalized spacial score (nSPS) is 16.0. The maximum atomic E-state index is 13.0. The largest absolute Gasteiger partial charge is 0.489 e. The van der Waals surface area contributed by atoms with E-state index in [1.165, 1.54) is 36.8 Å². The topological polar surface area (TPSA) is 119 Å². The van der Waals surface area contributed by atoms with Crippen LogP contribution in [-0.2, 0) is 7.05 Å². The summed E-state index contributed by atoms with van der Waals surface area (Å²) in [5.74, 6) is 1.24. The molecule has 0 saturated heterocycles. The van der Waals surface area contributed by atoms with Crippen LogP contribution in [0.1, 0.15) is 60.2 Å². The first-order valence-electron chi connectivity index (χ1n) is 10.3. The average Bonchev–Trinajstić information content (AvgIpc) is 3.33. The highest BCUT2D eigenvalue weighted by atomic mass is 16.5. The molecule has 1 atom stereocenters. The number of hydrogen-bond donors (Lipinski definition) is 2. The Kier molecular flexibility index (Phi) is 5.93. The first kappa shape index (κ1) is 20.3. The molecule has 3 aromatic rings. The SMILES string of the molecule is Cc1nc2c(OCC3CCCCC3)cccn2c1C(=O)N[C@@H](CO)c1nnnn1C. The first-order chi connectivity index (χ1) is 14.6. The number of carbonyl (C=O) groups is 1. The van der Waals surface area contributed by atoms with Gasteiger partial charge in [0.25, 0.3) is 5.91 Å². The number of aliphatic hydroxyl groups excluding tert-OH is 1. The molecule has 30 heavy (non-hydrogen) atoms. The standard InChI is InChI=1S/C20H27N7O3/c1-13-17(20(29)22-15(11-28)18-23-24-25-26(18)2)27-10-6-9-16(19(27)21-13)30-12-14-7-4-3-5-8-14/h6,9-10,14-15,28H,3-5,7-8,11-12H2,1-2H3,(H,22,29)/t15-/m0/s1. The second-order valence-corrected chi connectivity index (χ2v) is 7.80. The van der Waals surface area contributed by atoms with Crippen LogP contribution in [0.25, 0.3) is 5.65 Å². The molecule has 1 fully saturated rings. The number of tetrazole rings is 1. The van der Waals surface area contributed by atoms with Crippen molar-refractivity contribution in [2.24, 2.45) is 13.0 Å². The molecule has 0 unspecified atom stereocenters. The lowest BCUT2D eigenvalue weighted by molar-refractivity contribution is 0.0905. The zero-order valence-corrected chi connectivity index (χ0v) is 17.3. The number of aryl methyl sites for hydroxylation is 2. The average molecular weight is 413 g/mol. The van der Waals surface area contributed by atoms with Gasteiger partial charge in [0.2, 0.25) is 0 Å². The van der Waals surface area contributed by atoms with Crippen molar-refractivity contribution in [1.82, 2.24) is 34.9 Å². The van der Waals surface area contributed by atoms with Gasteiger partial charge in [-0.25, -0.2) is 9.67 Å². The van der Waals surface area contributed by atoms with Crippen molar-refractivity contribution in [2.45, 2.75) is 45.1 Å². The zero-order chi connectivity index (χ0) is 21.1. The molecular formula is C20H27N7O3. The van der Waals surface area contributed by atoms with Crippen molar-refractivity contribution in [1.29, 1.82) is 0 Å². The fourth-order valence-corrected chi connectivity index (χ4v) is 4.05. The highest BCUT2D eigenvalue weighted by Gasteiger charge is 2.25. The quantitative estimate of drug-likeness (QED) is 0.603. The molecule has 10 heteroatoms. The van der Waals surface area contributed by atoms with Crippen molar-refractivity contribution in [3.8, 4) is 5.75 Å². The molecule has 3 heterocycles. The molecule has 1 aliphatic rings. The smallest absolute Gasteiger partial charge is 0.270 e. The third-order valence-electron chi connectivity index (χ3n) is 5.66. The molecule has 1 aliphatic carbocycles. The Labute approximate surface area is 174 Å². The van der Waals surface area contributed by atoms with Gasteiger partial charge >= 0.3 is 0 Å². The number of ether oxygens (including phenoxy) is 1. The number of hydrogen-bond acceptors (Lipinski definition) is 7. The number of nitrogens with zero attached hydrogens (tertiary/aromatic N) is 6. The lowest BCUT2D eigenvalue weighted by Crippen LogP contribution is -2.33. The van der Waals surface area contributed by atoms with Crippen molar-refractivity contribution in [2.75, 3.05) is 13.2 Å². The summed E-state index contributed by atoms with van der Waals surface area (Å²) in [6.45, 7) is 2.12. The number of pyridine rings is 1. The Morgan fingerprint density at radius 2 is 2.17 bits per heavy atom. The summed E-state index contributed by atoms with van der Waals surface area (Å²) in [5, 5.41) is 23.7. The summed E-state index contributed by atoms with van der Waals surface area (Å²) >= 11 is 0. The van der Waals surface area contributed by atoms with Crippen LogP contribution >= 0.6 is 0 Å². The molecule has 10 nitrogen and oxygen atoms in total. The summed E-state index contributed by atoms with van der Waals surface area (Å²) in [6.07, 6.45) is 8.02. The minimum atomic E-state index is -0.729. The minimum Gasteiger partial charge on any atom is -0.489 e. The number of nitrogens with one attached hydrogen (secondary N) is 1. The number of rotatable bonds is 7. The first-order valence-corrected chi connectivity index (χ1v) is 10.3. The molecule has 0 radical (unpaired) electrons. The van der Waals surface area contributed by atoms with Gasteiger partial charge in [-0.2, -0.15) is 0 Å². The van der Waals surface area contributed by atoms with Gasteiger partial charge in [0, 0.05) is 13.2 Å². The molecule has 0 bridgehead atoms. The Balaban J connectivity index is 1.56. The van der Waals surface area contributed by atoms with Crippen LogP contribution in [-0.4, -0.2) is 53.8 Å². The van der Waals surface area contributed by atoms with Crippen LogP contribution in [0.15, 0.2) is 18.3 Å². The Morgan fingerprint density at radius 1 is 1.37 bits per heavy atom. The number of aliphatic hydroxyl groups is 1. The number of fused-ring (bicyclic) bond motifs is 1. The molecule has 1 amide bonds. The van der Waals surface area contributed by atoms with Crippen LogP contribution in [0.4, 0.5) is 0 Å². The number of amides is 1. The van der Waals surface area contributed by atoms with Gasteiger partial charge in [-0.15, -0.1) is 5.10 Å². The van der Waals surface area contributed by atoms with Crippen molar-refractivity contribution in [3.05, 3.63) is 35.5 Å². The highest BCUT2D eigenvalue weighted by Crippen LogP contribution is 2.27. The highest BCUT2D eigenvalue weighted by molar-refractivity contribution is 5.95. The molecule has 4 rings (SSSR count). The van der Waals surface area contributed by atoms with E-state index in [0.29, 0.717) is 41.1 Å². The van der Waals surface area contributed by atoms with Crippen molar-refractivity contribution < 1.29 is 14.6 Å². The van der Waals surface area contributed by atoms with E-state index in [1.807, 2.05) is 12.1 Å². The molecule has 160 valence electrons. The van der Waals surface area contributed by atoms with E-state index in [9.17, 15) is 9.90 Å². The van der Waals surface area contributed by atoms with E-state index < -0.39 is 6.04 Å². The van der Waals surface area contributed by atoms with E-state index in [2.05, 4.69) is 25.8 Å². The van der Waals surface area contributed by atoms with Crippen molar-refractivity contribution in [3.63, 3.8) is 0 Å². The third kappa shape index (κ3) is 4.00. The van der Waals surface area contributed by atoms with E-state index in [1.54, 1.807) is 24.6 Å². The molecule has 3 aromatic heterocycles. The van der Waals surface area contributed by atoms with Gasteiger partial charge in [0.15, 0.2) is 17.2 Å². The molecular weight excluding hydrogens is 386 g/mol. The predicted octanol–water partition coefficient (Wildman–Crippen LogP) is 1.59. The zero-order valence-electron chi connectivity index (χ0n) is 17.3. The maximum Gasteiger partial charge on any atom is 0.270 e. The molecule has 0 spiro atoms. The number of aromatic nitrogens is 6. The second-order valence-electron chi connectivity index (χ2n) is 7.80. The molecule has 1 saturated carbocycles. The monoisotopic (exact) mass is 413 g/mol. The Bertz CT molecular complexity index is 1020. The van der Waals surface area contributed by atoms with Gasteiger partial charge in [-0.05, 0) is 48.2 Å². The predicted molar refractivity (Wildman–Crippen MR) is 108 cm³/mol.